The smallest absolute Gasteiger partial charge is 0.262 e. The number of nitrogens with zero attached hydrogens (tertiary/aromatic N) is 4. The minimum absolute atomic E-state index is 0.114. The Labute approximate surface area is 198 Å². The second-order valence-electron chi connectivity index (χ2n) is 7.50. The number of rotatable bonds is 8. The van der Waals surface area contributed by atoms with E-state index in [0.29, 0.717) is 57.0 Å². The van der Waals surface area contributed by atoms with Gasteiger partial charge in [-0.3, -0.25) is 13.8 Å². The maximum absolute atomic E-state index is 14.2. The van der Waals surface area contributed by atoms with Gasteiger partial charge in [-0.1, -0.05) is 41.0 Å². The van der Waals surface area contributed by atoms with E-state index in [0.717, 1.165) is 0 Å². The lowest BCUT2D eigenvalue weighted by Gasteiger charge is -2.12. The predicted octanol–water partition coefficient (Wildman–Crippen LogP) is 5.60. The molecule has 2 heterocycles. The number of aromatic nitrogens is 4. The van der Waals surface area contributed by atoms with Gasteiger partial charge in [0.2, 0.25) is 5.78 Å². The molecular weight excluding hydrogens is 474 g/mol. The van der Waals surface area contributed by atoms with Crippen molar-refractivity contribution in [1.82, 2.24) is 19.2 Å². The summed E-state index contributed by atoms with van der Waals surface area (Å²) in [6.07, 6.45) is 0.753. The highest BCUT2D eigenvalue weighted by Gasteiger charge is 2.18. The Balaban J connectivity index is 1.77. The summed E-state index contributed by atoms with van der Waals surface area (Å²) in [6, 6.07) is 9.71. The van der Waals surface area contributed by atoms with Crippen LogP contribution < -0.4 is 5.56 Å². The Morgan fingerprint density at radius 2 is 2.00 bits per heavy atom. The normalized spacial score (nSPS) is 11.8. The molecule has 2 aromatic carbocycles. The van der Waals surface area contributed by atoms with Crippen molar-refractivity contribution in [2.75, 3.05) is 6.61 Å². The molecule has 6 nitrogen and oxygen atoms in total. The third-order valence-electron chi connectivity index (χ3n) is 4.92. The van der Waals surface area contributed by atoms with E-state index >= 15 is 0 Å². The van der Waals surface area contributed by atoms with Gasteiger partial charge in [-0.2, -0.15) is 0 Å². The van der Waals surface area contributed by atoms with E-state index in [1.807, 2.05) is 13.8 Å². The van der Waals surface area contributed by atoms with E-state index < -0.39 is 0 Å². The van der Waals surface area contributed by atoms with Gasteiger partial charge in [-0.25, -0.2) is 4.39 Å². The predicted molar refractivity (Wildman–Crippen MR) is 126 cm³/mol. The highest BCUT2D eigenvalue weighted by Crippen LogP contribution is 2.29. The van der Waals surface area contributed by atoms with E-state index in [9.17, 15) is 9.18 Å². The molecule has 0 N–H and O–H groups in total. The van der Waals surface area contributed by atoms with Crippen LogP contribution in [0.4, 0.5) is 4.39 Å². The van der Waals surface area contributed by atoms with Crippen molar-refractivity contribution < 1.29 is 9.13 Å². The van der Waals surface area contributed by atoms with Gasteiger partial charge in [0.25, 0.3) is 5.56 Å². The molecule has 0 radical (unpaired) electrons. The number of halogens is 3. The number of thioether (sulfide) groups is 1. The molecule has 0 aliphatic carbocycles. The summed E-state index contributed by atoms with van der Waals surface area (Å²) in [7, 11) is 0. The minimum Gasteiger partial charge on any atom is -0.379 e. The topological polar surface area (TPSA) is 61.4 Å². The Kier molecular flexibility index (Phi) is 7.05. The fraction of sp³-hybridized carbons (Fsp3) is 0.318. The van der Waals surface area contributed by atoms with Gasteiger partial charge in [0.05, 0.1) is 17.0 Å². The first-order valence-electron chi connectivity index (χ1n) is 10.1. The molecule has 2 aromatic heterocycles. The van der Waals surface area contributed by atoms with E-state index in [2.05, 4.69) is 10.2 Å². The van der Waals surface area contributed by atoms with Crippen LogP contribution in [0.5, 0.6) is 0 Å². The number of benzene rings is 2. The van der Waals surface area contributed by atoms with Crippen molar-refractivity contribution in [3.05, 3.63) is 68.2 Å². The molecule has 0 aliphatic heterocycles. The van der Waals surface area contributed by atoms with Crippen molar-refractivity contribution >= 4 is 51.6 Å². The Morgan fingerprint density at radius 1 is 1.19 bits per heavy atom. The molecule has 0 aliphatic rings. The fourth-order valence-corrected chi connectivity index (χ4v) is 4.86. The monoisotopic (exact) mass is 494 g/mol. The van der Waals surface area contributed by atoms with Crippen LogP contribution in [0.1, 0.15) is 25.8 Å². The third kappa shape index (κ3) is 4.64. The summed E-state index contributed by atoms with van der Waals surface area (Å²) in [5.41, 5.74) is 0.833. The SMILES string of the molecule is CC(C)OCCCn1c(=O)c2cc(Cl)ccc2n2c(SCc3c(F)cccc3Cl)nnc12. The zero-order valence-corrected chi connectivity index (χ0v) is 19.8. The Morgan fingerprint density at radius 3 is 2.75 bits per heavy atom. The number of fused-ring (bicyclic) bond motifs is 3. The van der Waals surface area contributed by atoms with Crippen LogP contribution in [-0.2, 0) is 17.0 Å². The molecule has 0 bridgehead atoms. The second kappa shape index (κ2) is 9.79. The van der Waals surface area contributed by atoms with Crippen molar-refractivity contribution in [2.45, 2.75) is 43.8 Å². The maximum atomic E-state index is 14.2. The Hall–Kier alpha value is -2.13. The quantitative estimate of drug-likeness (QED) is 0.235. The van der Waals surface area contributed by atoms with Gasteiger partial charge in [0.1, 0.15) is 5.82 Å². The fourth-order valence-electron chi connectivity index (χ4n) is 3.40. The molecule has 0 spiro atoms. The summed E-state index contributed by atoms with van der Waals surface area (Å²) >= 11 is 13.6. The van der Waals surface area contributed by atoms with E-state index in [1.54, 1.807) is 39.3 Å². The average Bonchev–Trinajstić information content (AvgIpc) is 3.16. The lowest BCUT2D eigenvalue weighted by atomic mass is 10.2. The summed E-state index contributed by atoms with van der Waals surface area (Å²) in [5, 5.41) is 10.4. The zero-order chi connectivity index (χ0) is 22.8. The molecule has 0 unspecified atom stereocenters. The van der Waals surface area contributed by atoms with Crippen LogP contribution in [0.2, 0.25) is 10.0 Å². The standard InChI is InChI=1S/C22H21Cl2FN4O2S/c1-13(2)31-10-4-9-28-20(30)15-11-14(23)7-8-19(15)29-21(28)26-27-22(29)32-12-16-17(24)5-3-6-18(16)25/h3,5-8,11,13H,4,9-10,12H2,1-2H3. The molecular formula is C22H21Cl2FN4O2S. The highest BCUT2D eigenvalue weighted by molar-refractivity contribution is 7.98. The number of ether oxygens (including phenoxy) is 1. The van der Waals surface area contributed by atoms with Crippen molar-refractivity contribution in [1.29, 1.82) is 0 Å². The third-order valence-corrected chi connectivity index (χ3v) is 6.46. The lowest BCUT2D eigenvalue weighted by Crippen LogP contribution is -2.24. The molecule has 0 amide bonds. The van der Waals surface area contributed by atoms with Crippen LogP contribution in [0.3, 0.4) is 0 Å². The van der Waals surface area contributed by atoms with Gasteiger partial charge in [0.15, 0.2) is 5.16 Å². The molecule has 10 heteroatoms. The van der Waals surface area contributed by atoms with Gasteiger partial charge in [0, 0.05) is 34.5 Å². The van der Waals surface area contributed by atoms with Crippen LogP contribution in [0, 0.1) is 5.82 Å². The Bertz CT molecular complexity index is 1320. The first kappa shape index (κ1) is 23.0. The van der Waals surface area contributed by atoms with E-state index in [4.69, 9.17) is 27.9 Å². The van der Waals surface area contributed by atoms with Gasteiger partial charge < -0.3 is 4.74 Å². The van der Waals surface area contributed by atoms with Gasteiger partial charge in [-0.15, -0.1) is 10.2 Å². The zero-order valence-electron chi connectivity index (χ0n) is 17.5. The maximum Gasteiger partial charge on any atom is 0.262 e. The molecule has 0 atom stereocenters. The average molecular weight is 495 g/mol. The van der Waals surface area contributed by atoms with Crippen molar-refractivity contribution in [2.24, 2.45) is 0 Å². The highest BCUT2D eigenvalue weighted by atomic mass is 35.5. The van der Waals surface area contributed by atoms with Gasteiger partial charge >= 0.3 is 0 Å². The van der Waals surface area contributed by atoms with Crippen LogP contribution in [0.25, 0.3) is 16.7 Å². The summed E-state index contributed by atoms with van der Waals surface area (Å²) in [5.74, 6) is 0.303. The number of hydrogen-bond donors (Lipinski definition) is 0. The molecule has 4 rings (SSSR count). The summed E-state index contributed by atoms with van der Waals surface area (Å²) in [6.45, 7) is 4.86. The van der Waals surface area contributed by atoms with E-state index in [-0.39, 0.29) is 23.2 Å². The minimum atomic E-state index is -0.377. The molecule has 168 valence electrons. The first-order valence-corrected chi connectivity index (χ1v) is 11.9. The second-order valence-corrected chi connectivity index (χ2v) is 9.28. The lowest BCUT2D eigenvalue weighted by molar-refractivity contribution is 0.0748. The number of aryl methyl sites for hydroxylation is 1. The molecule has 4 aromatic rings. The molecule has 0 saturated carbocycles. The van der Waals surface area contributed by atoms with Crippen molar-refractivity contribution in [3.8, 4) is 0 Å². The molecule has 32 heavy (non-hydrogen) atoms. The van der Waals surface area contributed by atoms with Gasteiger partial charge in [-0.05, 0) is 50.6 Å². The van der Waals surface area contributed by atoms with Crippen LogP contribution in [-0.4, -0.2) is 31.9 Å². The largest absolute Gasteiger partial charge is 0.379 e. The van der Waals surface area contributed by atoms with Crippen LogP contribution in [0.15, 0.2) is 46.3 Å². The number of hydrogen-bond acceptors (Lipinski definition) is 5. The molecule has 0 fully saturated rings. The molecule has 0 saturated heterocycles. The van der Waals surface area contributed by atoms with Crippen molar-refractivity contribution in [3.63, 3.8) is 0 Å². The first-order chi connectivity index (χ1) is 15.4. The van der Waals surface area contributed by atoms with E-state index in [1.165, 1.54) is 17.8 Å². The van der Waals surface area contributed by atoms with Crippen LogP contribution >= 0.6 is 35.0 Å². The summed E-state index contributed by atoms with van der Waals surface area (Å²) < 4.78 is 23.2. The summed E-state index contributed by atoms with van der Waals surface area (Å²) in [4.78, 5) is 13.2.